The maximum atomic E-state index is 13.5. The van der Waals surface area contributed by atoms with Crippen molar-refractivity contribution in [2.45, 2.75) is 47.2 Å². The number of hydrogen-bond donors (Lipinski definition) is 0. The molecule has 2 heterocycles. The Hall–Kier alpha value is -2.58. The van der Waals surface area contributed by atoms with Gasteiger partial charge in [0.25, 0.3) is 0 Å². The highest BCUT2D eigenvalue weighted by Crippen LogP contribution is 2.33. The van der Waals surface area contributed by atoms with E-state index in [9.17, 15) is 9.59 Å². The van der Waals surface area contributed by atoms with Gasteiger partial charge in [-0.2, -0.15) is 0 Å². The van der Waals surface area contributed by atoms with Crippen LogP contribution < -0.4 is 9.47 Å². The summed E-state index contributed by atoms with van der Waals surface area (Å²) in [6, 6.07) is 7.81. The molecule has 2 amide bonds. The summed E-state index contributed by atoms with van der Waals surface area (Å²) in [4.78, 5) is 30.9. The van der Waals surface area contributed by atoms with Crippen molar-refractivity contribution in [1.29, 1.82) is 0 Å². The summed E-state index contributed by atoms with van der Waals surface area (Å²) in [5.74, 6) is 1.14. The summed E-state index contributed by atoms with van der Waals surface area (Å²) in [5, 5.41) is 2.04. The van der Waals surface area contributed by atoms with Crippen LogP contribution in [0.5, 0.6) is 11.5 Å². The van der Waals surface area contributed by atoms with E-state index < -0.39 is 0 Å². The number of carbonyl (C=O) groups excluding carboxylic acids is 2. The van der Waals surface area contributed by atoms with Crippen molar-refractivity contribution in [2.24, 2.45) is 5.92 Å². The third-order valence-corrected chi connectivity index (χ3v) is 6.53. The lowest BCUT2D eigenvalue weighted by molar-refractivity contribution is -0.143. The molecule has 1 aromatic carbocycles. The van der Waals surface area contributed by atoms with E-state index in [1.807, 2.05) is 49.3 Å². The molecule has 0 unspecified atom stereocenters. The molecule has 3 rings (SSSR count). The number of rotatable bonds is 12. The Balaban J connectivity index is 1.76. The van der Waals surface area contributed by atoms with E-state index in [0.717, 1.165) is 16.0 Å². The molecule has 33 heavy (non-hydrogen) atoms. The molecule has 8 heteroatoms. The highest BCUT2D eigenvalue weighted by Gasteiger charge is 2.24. The second-order valence-electron chi connectivity index (χ2n) is 8.43. The van der Waals surface area contributed by atoms with E-state index in [0.29, 0.717) is 50.8 Å². The summed E-state index contributed by atoms with van der Waals surface area (Å²) in [6.45, 7) is 10.6. The molecule has 1 aromatic heterocycles. The molecule has 7 nitrogen and oxygen atoms in total. The number of carbonyl (C=O) groups is 2. The molecule has 0 saturated heterocycles. The minimum Gasteiger partial charge on any atom is -0.454 e. The molecule has 0 fully saturated rings. The molecule has 0 saturated carbocycles. The van der Waals surface area contributed by atoms with Crippen LogP contribution in [0.4, 0.5) is 0 Å². The molecule has 1 aliphatic heterocycles. The highest BCUT2D eigenvalue weighted by atomic mass is 32.1. The van der Waals surface area contributed by atoms with Crippen molar-refractivity contribution >= 4 is 23.2 Å². The van der Waals surface area contributed by atoms with Gasteiger partial charge >= 0.3 is 0 Å². The molecule has 0 N–H and O–H groups in total. The van der Waals surface area contributed by atoms with Crippen molar-refractivity contribution < 1.29 is 23.8 Å². The molecular weight excluding hydrogens is 440 g/mol. The van der Waals surface area contributed by atoms with Gasteiger partial charge in [-0.15, -0.1) is 11.3 Å². The van der Waals surface area contributed by atoms with E-state index in [4.69, 9.17) is 14.2 Å². The van der Waals surface area contributed by atoms with E-state index in [2.05, 4.69) is 13.0 Å². The number of fused-ring (bicyclic) bond motifs is 1. The first-order valence-corrected chi connectivity index (χ1v) is 12.3. The molecule has 0 atom stereocenters. The third-order valence-electron chi connectivity index (χ3n) is 5.52. The molecule has 0 bridgehead atoms. The maximum absolute atomic E-state index is 13.5. The molecular formula is C25H34N2O5S. The predicted octanol–water partition coefficient (Wildman–Crippen LogP) is 4.23. The number of aryl methyl sites for hydroxylation is 1. The monoisotopic (exact) mass is 474 g/mol. The molecule has 0 radical (unpaired) electrons. The summed E-state index contributed by atoms with van der Waals surface area (Å²) < 4.78 is 16.3. The normalized spacial score (nSPS) is 12.3. The lowest BCUT2D eigenvalue weighted by Crippen LogP contribution is -2.44. The minimum absolute atomic E-state index is 0.0183. The molecule has 1 aliphatic rings. The van der Waals surface area contributed by atoms with Crippen LogP contribution in [0.25, 0.3) is 0 Å². The molecule has 0 spiro atoms. The zero-order chi connectivity index (χ0) is 23.8. The first-order valence-electron chi connectivity index (χ1n) is 11.4. The zero-order valence-corrected chi connectivity index (χ0v) is 20.8. The van der Waals surface area contributed by atoms with Crippen molar-refractivity contribution in [3.05, 3.63) is 45.6 Å². The van der Waals surface area contributed by atoms with Gasteiger partial charge in [-0.3, -0.25) is 9.59 Å². The number of ether oxygens (including phenoxy) is 3. The second kappa shape index (κ2) is 12.0. The van der Waals surface area contributed by atoms with Gasteiger partial charge < -0.3 is 24.0 Å². The fraction of sp³-hybridized carbons (Fsp3) is 0.520. The molecule has 2 aromatic rings. The Morgan fingerprint density at radius 3 is 2.61 bits per heavy atom. The van der Waals surface area contributed by atoms with Crippen LogP contribution in [0.3, 0.4) is 0 Å². The lowest BCUT2D eigenvalue weighted by Gasteiger charge is -2.29. The third kappa shape index (κ3) is 6.95. The van der Waals surface area contributed by atoms with E-state index >= 15 is 0 Å². The maximum Gasteiger partial charge on any atom is 0.242 e. The minimum atomic E-state index is -0.174. The summed E-state index contributed by atoms with van der Waals surface area (Å²) >= 11 is 1.64. The zero-order valence-electron chi connectivity index (χ0n) is 20.0. The van der Waals surface area contributed by atoms with Crippen molar-refractivity contribution in [1.82, 2.24) is 9.80 Å². The topological polar surface area (TPSA) is 68.3 Å². The number of amides is 2. The number of benzene rings is 1. The average Bonchev–Trinajstić information content (AvgIpc) is 3.43. The van der Waals surface area contributed by atoms with Crippen LogP contribution in [-0.4, -0.2) is 54.7 Å². The van der Waals surface area contributed by atoms with Gasteiger partial charge in [0, 0.05) is 37.1 Å². The van der Waals surface area contributed by atoms with Crippen LogP contribution in [-0.2, 0) is 27.4 Å². The fourth-order valence-corrected chi connectivity index (χ4v) is 4.55. The van der Waals surface area contributed by atoms with Crippen molar-refractivity contribution in [3.8, 4) is 11.5 Å². The standard InChI is InChI=1S/C25H34N2O5S/c1-5-30-11-6-10-26(25(29)18(2)3)16-24(28)27(15-23-19(4)9-12-33-23)14-20-7-8-21-22(13-20)32-17-31-21/h7-9,12-13,18H,5-6,10-11,14-17H2,1-4H3. The van der Waals surface area contributed by atoms with Gasteiger partial charge in [-0.05, 0) is 55.0 Å². The first-order chi connectivity index (χ1) is 15.9. The number of nitrogens with zero attached hydrogens (tertiary/aromatic N) is 2. The fourth-order valence-electron chi connectivity index (χ4n) is 3.63. The van der Waals surface area contributed by atoms with E-state index in [1.165, 1.54) is 0 Å². The average molecular weight is 475 g/mol. The Labute approximate surface area is 200 Å². The van der Waals surface area contributed by atoms with Crippen molar-refractivity contribution in [2.75, 3.05) is 33.1 Å². The SMILES string of the molecule is CCOCCCN(CC(=O)N(Cc1ccc2c(c1)OCO2)Cc1sccc1C)C(=O)C(C)C. The van der Waals surface area contributed by atoms with Crippen molar-refractivity contribution in [3.63, 3.8) is 0 Å². The van der Waals surface area contributed by atoms with Gasteiger partial charge in [0.05, 0.1) is 13.1 Å². The highest BCUT2D eigenvalue weighted by molar-refractivity contribution is 7.10. The van der Waals surface area contributed by atoms with Gasteiger partial charge in [0.2, 0.25) is 18.6 Å². The summed E-state index contributed by atoms with van der Waals surface area (Å²) in [7, 11) is 0. The quantitative estimate of drug-likeness (QED) is 0.431. The Morgan fingerprint density at radius 1 is 1.12 bits per heavy atom. The van der Waals surface area contributed by atoms with E-state index in [1.54, 1.807) is 16.2 Å². The lowest BCUT2D eigenvalue weighted by atomic mass is 10.1. The summed E-state index contributed by atoms with van der Waals surface area (Å²) in [6.07, 6.45) is 0.700. The van der Waals surface area contributed by atoms with Gasteiger partial charge in [0.1, 0.15) is 0 Å². The smallest absolute Gasteiger partial charge is 0.242 e. The Bertz CT molecular complexity index is 943. The second-order valence-corrected chi connectivity index (χ2v) is 9.43. The summed E-state index contributed by atoms with van der Waals surface area (Å²) in [5.41, 5.74) is 2.12. The predicted molar refractivity (Wildman–Crippen MR) is 128 cm³/mol. The van der Waals surface area contributed by atoms with Crippen LogP contribution in [0.2, 0.25) is 0 Å². The number of hydrogen-bond acceptors (Lipinski definition) is 6. The largest absolute Gasteiger partial charge is 0.454 e. The van der Waals surface area contributed by atoms with Crippen LogP contribution in [0, 0.1) is 12.8 Å². The van der Waals surface area contributed by atoms with Crippen LogP contribution in [0.15, 0.2) is 29.6 Å². The van der Waals surface area contributed by atoms with Crippen LogP contribution in [0.1, 0.15) is 43.2 Å². The molecule has 0 aliphatic carbocycles. The molecule has 180 valence electrons. The Kier molecular flexibility index (Phi) is 9.14. The van der Waals surface area contributed by atoms with Gasteiger partial charge in [0.15, 0.2) is 11.5 Å². The Morgan fingerprint density at radius 2 is 1.91 bits per heavy atom. The van der Waals surface area contributed by atoms with Gasteiger partial charge in [-0.25, -0.2) is 0 Å². The van der Waals surface area contributed by atoms with E-state index in [-0.39, 0.29) is 31.1 Å². The first kappa shape index (κ1) is 25.1. The van der Waals surface area contributed by atoms with Gasteiger partial charge in [-0.1, -0.05) is 19.9 Å². The van der Waals surface area contributed by atoms with Crippen LogP contribution >= 0.6 is 11.3 Å². The number of thiophene rings is 1.